The average Bonchev–Trinajstić information content (AvgIpc) is 2.48. The van der Waals surface area contributed by atoms with Gasteiger partial charge in [-0.2, -0.15) is 5.06 Å². The molecule has 0 aliphatic carbocycles. The summed E-state index contributed by atoms with van der Waals surface area (Å²) in [5, 5.41) is 12.1. The van der Waals surface area contributed by atoms with E-state index in [9.17, 15) is 5.11 Å². The molecule has 1 saturated heterocycles. The summed E-state index contributed by atoms with van der Waals surface area (Å²) in [6.45, 7) is 21.4. The van der Waals surface area contributed by atoms with Gasteiger partial charge < -0.3 is 9.84 Å². The van der Waals surface area contributed by atoms with Gasteiger partial charge in [0.1, 0.15) is 0 Å². The van der Waals surface area contributed by atoms with Crippen molar-refractivity contribution in [2.24, 2.45) is 0 Å². The molecule has 0 amide bonds. The fraction of sp³-hybridized carbons (Fsp3) is 0.826. The van der Waals surface area contributed by atoms with E-state index in [2.05, 4.69) is 51.8 Å². The molecule has 4 heteroatoms. The van der Waals surface area contributed by atoms with Crippen molar-refractivity contribution in [2.75, 3.05) is 6.61 Å². The second-order valence-corrected chi connectivity index (χ2v) is 9.68. The van der Waals surface area contributed by atoms with Crippen LogP contribution >= 0.6 is 0 Å². The van der Waals surface area contributed by atoms with E-state index in [1.165, 1.54) is 0 Å². The molecule has 1 atom stereocenters. The minimum atomic E-state index is -0.263. The van der Waals surface area contributed by atoms with Gasteiger partial charge in [-0.05, 0) is 81.6 Å². The Kier molecular flexibility index (Phi) is 11.1. The van der Waals surface area contributed by atoms with Crippen LogP contribution in [0.15, 0.2) is 24.3 Å². The SMILES string of the molecule is C/C=C\C=C/CC.CC(COC(C)(C)C)ON1C(C)(C)CC(O)CC1(C)C. The van der Waals surface area contributed by atoms with Crippen molar-refractivity contribution >= 4 is 0 Å². The van der Waals surface area contributed by atoms with Gasteiger partial charge in [0, 0.05) is 11.1 Å². The summed E-state index contributed by atoms with van der Waals surface area (Å²) in [5.74, 6) is 0. The van der Waals surface area contributed by atoms with Crippen LogP contribution < -0.4 is 0 Å². The molecule has 1 rings (SSSR count). The highest BCUT2D eigenvalue weighted by molar-refractivity contribution is 5.00. The number of rotatable bonds is 6. The highest BCUT2D eigenvalue weighted by Crippen LogP contribution is 2.39. The quantitative estimate of drug-likeness (QED) is 0.601. The number of piperidine rings is 1. The summed E-state index contributed by atoms with van der Waals surface area (Å²) in [5.41, 5.74) is -0.519. The van der Waals surface area contributed by atoms with Crippen LogP contribution in [-0.4, -0.2) is 45.7 Å². The molecule has 0 aromatic carbocycles. The van der Waals surface area contributed by atoms with Gasteiger partial charge in [-0.25, -0.2) is 0 Å². The third-order valence-electron chi connectivity index (χ3n) is 4.28. The first-order chi connectivity index (χ1) is 12.2. The van der Waals surface area contributed by atoms with Crippen LogP contribution in [-0.2, 0) is 9.57 Å². The zero-order chi connectivity index (χ0) is 21.3. The summed E-state index contributed by atoms with van der Waals surface area (Å²) in [4.78, 5) is 6.16. The number of allylic oxidation sites excluding steroid dienone is 4. The van der Waals surface area contributed by atoms with Crippen molar-refractivity contribution < 1.29 is 14.7 Å². The van der Waals surface area contributed by atoms with Gasteiger partial charge in [0.05, 0.1) is 24.4 Å². The smallest absolute Gasteiger partial charge is 0.0998 e. The zero-order valence-corrected chi connectivity index (χ0v) is 19.5. The van der Waals surface area contributed by atoms with Crippen LogP contribution in [0.25, 0.3) is 0 Å². The van der Waals surface area contributed by atoms with Crippen LogP contribution in [0.1, 0.15) is 88.5 Å². The molecule has 160 valence electrons. The first-order valence-corrected chi connectivity index (χ1v) is 10.3. The molecular weight excluding hydrogens is 338 g/mol. The molecule has 4 nitrogen and oxygen atoms in total. The lowest BCUT2D eigenvalue weighted by molar-refractivity contribution is -0.318. The lowest BCUT2D eigenvalue weighted by Gasteiger charge is -2.53. The molecule has 0 aromatic heterocycles. The molecule has 1 N–H and O–H groups in total. The maximum Gasteiger partial charge on any atom is 0.0998 e. The predicted octanol–water partition coefficient (Wildman–Crippen LogP) is 5.66. The summed E-state index contributed by atoms with van der Waals surface area (Å²) < 4.78 is 5.79. The second kappa shape index (κ2) is 11.4. The summed E-state index contributed by atoms with van der Waals surface area (Å²) in [7, 11) is 0. The Balaban J connectivity index is 0.000000821. The molecule has 0 bridgehead atoms. The van der Waals surface area contributed by atoms with Crippen molar-refractivity contribution in [2.45, 2.75) is 117 Å². The average molecular weight is 384 g/mol. The Morgan fingerprint density at radius 1 is 1.11 bits per heavy atom. The van der Waals surface area contributed by atoms with E-state index in [0.717, 1.165) is 19.3 Å². The molecular formula is C23H45NO3. The lowest BCUT2D eigenvalue weighted by Crippen LogP contribution is -2.62. The molecule has 1 aliphatic heterocycles. The van der Waals surface area contributed by atoms with Gasteiger partial charge in [0.2, 0.25) is 0 Å². The van der Waals surface area contributed by atoms with Crippen LogP contribution in [0.2, 0.25) is 0 Å². The summed E-state index contributed by atoms with van der Waals surface area (Å²) in [6.07, 6.45) is 10.5. The number of hydrogen-bond acceptors (Lipinski definition) is 4. The fourth-order valence-corrected chi connectivity index (χ4v) is 3.40. The van der Waals surface area contributed by atoms with Crippen molar-refractivity contribution in [1.82, 2.24) is 5.06 Å². The normalized spacial score (nSPS) is 22.0. The molecule has 1 aliphatic rings. The number of nitrogens with zero attached hydrogens (tertiary/aromatic N) is 1. The topological polar surface area (TPSA) is 41.9 Å². The van der Waals surface area contributed by atoms with Crippen molar-refractivity contribution in [3.63, 3.8) is 0 Å². The van der Waals surface area contributed by atoms with Crippen molar-refractivity contribution in [3.8, 4) is 0 Å². The molecule has 1 heterocycles. The Hall–Kier alpha value is -0.680. The zero-order valence-electron chi connectivity index (χ0n) is 19.5. The monoisotopic (exact) mass is 383 g/mol. The van der Waals surface area contributed by atoms with Crippen LogP contribution in [0, 0.1) is 0 Å². The van der Waals surface area contributed by atoms with Gasteiger partial charge in [-0.15, -0.1) is 0 Å². The Labute approximate surface area is 168 Å². The van der Waals surface area contributed by atoms with Gasteiger partial charge in [0.25, 0.3) is 0 Å². The first kappa shape index (κ1) is 26.3. The number of hydroxylamine groups is 2. The van der Waals surface area contributed by atoms with Crippen LogP contribution in [0.4, 0.5) is 0 Å². The highest BCUT2D eigenvalue weighted by atomic mass is 16.7. The van der Waals surface area contributed by atoms with Gasteiger partial charge in [-0.3, -0.25) is 4.84 Å². The predicted molar refractivity (Wildman–Crippen MR) is 116 cm³/mol. The fourth-order valence-electron chi connectivity index (χ4n) is 3.40. The van der Waals surface area contributed by atoms with E-state index < -0.39 is 0 Å². The number of aliphatic hydroxyl groups excluding tert-OH is 1. The lowest BCUT2D eigenvalue weighted by atomic mass is 9.80. The highest BCUT2D eigenvalue weighted by Gasteiger charge is 2.46. The van der Waals surface area contributed by atoms with Gasteiger partial charge >= 0.3 is 0 Å². The van der Waals surface area contributed by atoms with Gasteiger partial charge in [-0.1, -0.05) is 31.2 Å². The number of hydrogen-bond donors (Lipinski definition) is 1. The first-order valence-electron chi connectivity index (χ1n) is 10.3. The third-order valence-corrected chi connectivity index (χ3v) is 4.28. The summed E-state index contributed by atoms with van der Waals surface area (Å²) >= 11 is 0. The standard InChI is InChI=1S/C16H33NO3.C7H12/c1-12(11-19-14(2,3)4)20-17-15(5,6)9-13(18)10-16(17,7)8;1-3-5-7-6-4-2/h12-13,18H,9-11H2,1-8H3;3,5-7H,4H2,1-2H3/b;5-3-,7-6-. The van der Waals surface area contributed by atoms with Crippen molar-refractivity contribution in [1.29, 1.82) is 0 Å². The largest absolute Gasteiger partial charge is 0.393 e. The molecule has 0 saturated carbocycles. The van der Waals surface area contributed by atoms with Gasteiger partial charge in [0.15, 0.2) is 0 Å². The maximum absolute atomic E-state index is 10.0. The summed E-state index contributed by atoms with van der Waals surface area (Å²) in [6, 6.07) is 0. The molecule has 1 unspecified atom stereocenters. The molecule has 27 heavy (non-hydrogen) atoms. The third kappa shape index (κ3) is 11.0. The second-order valence-electron chi connectivity index (χ2n) is 9.68. The minimum absolute atomic E-state index is 0.0111. The minimum Gasteiger partial charge on any atom is -0.393 e. The number of aliphatic hydroxyl groups is 1. The van der Waals surface area contributed by atoms with E-state index in [-0.39, 0.29) is 28.9 Å². The van der Waals surface area contributed by atoms with E-state index in [0.29, 0.717) is 6.61 Å². The van der Waals surface area contributed by atoms with Crippen LogP contribution in [0.3, 0.4) is 0 Å². The number of ether oxygens (including phenoxy) is 1. The van der Waals surface area contributed by atoms with E-state index in [4.69, 9.17) is 9.57 Å². The maximum atomic E-state index is 10.0. The molecule has 0 aromatic rings. The molecule has 1 fully saturated rings. The van der Waals surface area contributed by atoms with E-state index in [1.807, 2.05) is 46.8 Å². The Morgan fingerprint density at radius 2 is 1.63 bits per heavy atom. The van der Waals surface area contributed by atoms with E-state index in [1.54, 1.807) is 0 Å². The Morgan fingerprint density at radius 3 is 2.04 bits per heavy atom. The Bertz CT molecular complexity index is 443. The van der Waals surface area contributed by atoms with E-state index >= 15 is 0 Å². The molecule has 0 spiro atoms. The molecule has 0 radical (unpaired) electrons. The van der Waals surface area contributed by atoms with Crippen LogP contribution in [0.5, 0.6) is 0 Å². The van der Waals surface area contributed by atoms with Crippen molar-refractivity contribution in [3.05, 3.63) is 24.3 Å².